The largest absolute Gasteiger partial charge is 0.464 e. The zero-order chi connectivity index (χ0) is 14.1. The Morgan fingerprint density at radius 3 is 2.90 bits per heavy atom. The van der Waals surface area contributed by atoms with Gasteiger partial charge in [0, 0.05) is 10.4 Å². The SMILES string of the molecule is CCOc1nc(N)nc(-c2cc3cc(Cl)ccc3o2)n1. The van der Waals surface area contributed by atoms with E-state index in [2.05, 4.69) is 15.0 Å². The van der Waals surface area contributed by atoms with Gasteiger partial charge in [0.15, 0.2) is 5.76 Å². The average molecular weight is 291 g/mol. The van der Waals surface area contributed by atoms with E-state index in [4.69, 9.17) is 26.5 Å². The summed E-state index contributed by atoms with van der Waals surface area (Å²) in [5, 5.41) is 1.50. The van der Waals surface area contributed by atoms with Crippen LogP contribution in [0.25, 0.3) is 22.6 Å². The third kappa shape index (κ3) is 2.37. The van der Waals surface area contributed by atoms with E-state index >= 15 is 0 Å². The fraction of sp³-hybridized carbons (Fsp3) is 0.154. The number of hydrogen-bond acceptors (Lipinski definition) is 6. The summed E-state index contributed by atoms with van der Waals surface area (Å²) in [6.45, 7) is 2.28. The van der Waals surface area contributed by atoms with Crippen LogP contribution in [0, 0.1) is 0 Å². The average Bonchev–Trinajstić information content (AvgIpc) is 2.81. The molecule has 0 atom stereocenters. The maximum absolute atomic E-state index is 5.94. The second-order valence-corrected chi connectivity index (χ2v) is 4.46. The zero-order valence-electron chi connectivity index (χ0n) is 10.6. The van der Waals surface area contributed by atoms with Crippen molar-refractivity contribution in [3.05, 3.63) is 29.3 Å². The lowest BCUT2D eigenvalue weighted by Crippen LogP contribution is -2.04. The first-order valence-electron chi connectivity index (χ1n) is 5.99. The maximum Gasteiger partial charge on any atom is 0.321 e. The van der Waals surface area contributed by atoms with Crippen LogP contribution in [-0.2, 0) is 0 Å². The van der Waals surface area contributed by atoms with Crippen molar-refractivity contribution in [2.45, 2.75) is 6.92 Å². The summed E-state index contributed by atoms with van der Waals surface area (Å²) in [7, 11) is 0. The van der Waals surface area contributed by atoms with E-state index in [1.807, 2.05) is 6.92 Å². The van der Waals surface area contributed by atoms with Gasteiger partial charge in [-0.3, -0.25) is 0 Å². The van der Waals surface area contributed by atoms with E-state index in [-0.39, 0.29) is 12.0 Å². The molecule has 0 aliphatic rings. The van der Waals surface area contributed by atoms with Crippen molar-refractivity contribution in [2.75, 3.05) is 12.3 Å². The Bertz CT molecular complexity index is 772. The summed E-state index contributed by atoms with van der Waals surface area (Å²) < 4.78 is 10.9. The number of nitrogen functional groups attached to an aromatic ring is 1. The topological polar surface area (TPSA) is 87.1 Å². The number of rotatable bonds is 3. The summed E-state index contributed by atoms with van der Waals surface area (Å²) in [5.74, 6) is 0.891. The highest BCUT2D eigenvalue weighted by Crippen LogP contribution is 2.28. The second kappa shape index (κ2) is 4.97. The first kappa shape index (κ1) is 12.7. The molecule has 2 aromatic heterocycles. The molecule has 6 nitrogen and oxygen atoms in total. The van der Waals surface area contributed by atoms with E-state index < -0.39 is 0 Å². The number of benzene rings is 1. The third-order valence-corrected chi connectivity index (χ3v) is 2.84. The molecule has 102 valence electrons. The van der Waals surface area contributed by atoms with Gasteiger partial charge in [-0.15, -0.1) is 0 Å². The van der Waals surface area contributed by atoms with Crippen LogP contribution in [0.2, 0.25) is 5.02 Å². The molecule has 3 rings (SSSR count). The Labute approximate surface area is 119 Å². The molecular weight excluding hydrogens is 280 g/mol. The highest BCUT2D eigenvalue weighted by Gasteiger charge is 2.12. The summed E-state index contributed by atoms with van der Waals surface area (Å²) in [4.78, 5) is 12.1. The van der Waals surface area contributed by atoms with Crippen molar-refractivity contribution < 1.29 is 9.15 Å². The number of nitrogens with zero attached hydrogens (tertiary/aromatic N) is 3. The molecule has 0 unspecified atom stereocenters. The summed E-state index contributed by atoms with van der Waals surface area (Å²) in [5.41, 5.74) is 6.34. The lowest BCUT2D eigenvalue weighted by molar-refractivity contribution is 0.312. The van der Waals surface area contributed by atoms with Crippen LogP contribution >= 0.6 is 11.6 Å². The van der Waals surface area contributed by atoms with Crippen molar-refractivity contribution in [2.24, 2.45) is 0 Å². The molecule has 0 amide bonds. The van der Waals surface area contributed by atoms with E-state index in [1.165, 1.54) is 0 Å². The molecule has 2 heterocycles. The minimum absolute atomic E-state index is 0.0805. The van der Waals surface area contributed by atoms with E-state index in [1.54, 1.807) is 24.3 Å². The minimum Gasteiger partial charge on any atom is -0.464 e. The smallest absolute Gasteiger partial charge is 0.321 e. The highest BCUT2D eigenvalue weighted by molar-refractivity contribution is 6.31. The van der Waals surface area contributed by atoms with Gasteiger partial charge >= 0.3 is 6.01 Å². The van der Waals surface area contributed by atoms with Gasteiger partial charge in [0.25, 0.3) is 0 Å². The molecule has 0 saturated heterocycles. The number of anilines is 1. The number of nitrogens with two attached hydrogens (primary N) is 1. The summed E-state index contributed by atoms with van der Waals surface area (Å²) in [6, 6.07) is 7.32. The van der Waals surface area contributed by atoms with E-state index in [0.29, 0.717) is 28.8 Å². The molecule has 1 aromatic carbocycles. The van der Waals surface area contributed by atoms with Crippen molar-refractivity contribution in [1.82, 2.24) is 15.0 Å². The lowest BCUT2D eigenvalue weighted by Gasteiger charge is -2.02. The molecule has 0 spiro atoms. The Morgan fingerprint density at radius 2 is 2.10 bits per heavy atom. The number of furan rings is 1. The van der Waals surface area contributed by atoms with Gasteiger partial charge in [0.1, 0.15) is 5.58 Å². The fourth-order valence-electron chi connectivity index (χ4n) is 1.80. The zero-order valence-corrected chi connectivity index (χ0v) is 11.4. The van der Waals surface area contributed by atoms with Crippen LogP contribution in [0.4, 0.5) is 5.95 Å². The monoisotopic (exact) mass is 290 g/mol. The first-order valence-corrected chi connectivity index (χ1v) is 6.37. The summed E-state index contributed by atoms with van der Waals surface area (Å²) >= 11 is 5.94. The number of ether oxygens (including phenoxy) is 1. The Hall–Kier alpha value is -2.34. The number of aromatic nitrogens is 3. The van der Waals surface area contributed by atoms with Gasteiger partial charge in [-0.2, -0.15) is 15.0 Å². The standard InChI is InChI=1S/C13H11ClN4O2/c1-2-19-13-17-11(16-12(15)18-13)10-6-7-5-8(14)3-4-9(7)20-10/h3-6H,2H2,1H3,(H2,15,16,17,18). The molecule has 3 aromatic rings. The fourth-order valence-corrected chi connectivity index (χ4v) is 1.98. The lowest BCUT2D eigenvalue weighted by atomic mass is 10.2. The number of fused-ring (bicyclic) bond motifs is 1. The molecule has 20 heavy (non-hydrogen) atoms. The van der Waals surface area contributed by atoms with Crippen molar-refractivity contribution in [3.8, 4) is 17.6 Å². The quantitative estimate of drug-likeness (QED) is 0.798. The van der Waals surface area contributed by atoms with Crippen LogP contribution in [0.3, 0.4) is 0 Å². The van der Waals surface area contributed by atoms with Crippen LogP contribution < -0.4 is 10.5 Å². The minimum atomic E-state index is 0.0805. The van der Waals surface area contributed by atoms with Gasteiger partial charge < -0.3 is 14.9 Å². The van der Waals surface area contributed by atoms with Crippen molar-refractivity contribution in [1.29, 1.82) is 0 Å². The molecule has 0 bridgehead atoms. The van der Waals surface area contributed by atoms with Crippen LogP contribution in [0.1, 0.15) is 6.92 Å². The third-order valence-electron chi connectivity index (χ3n) is 2.60. The Kier molecular flexibility index (Phi) is 3.15. The van der Waals surface area contributed by atoms with Gasteiger partial charge in [-0.05, 0) is 31.2 Å². The molecule has 0 aliphatic carbocycles. The predicted molar refractivity (Wildman–Crippen MR) is 75.6 cm³/mol. The van der Waals surface area contributed by atoms with Crippen LogP contribution in [0.15, 0.2) is 28.7 Å². The maximum atomic E-state index is 5.94. The van der Waals surface area contributed by atoms with E-state index in [0.717, 1.165) is 5.39 Å². The van der Waals surface area contributed by atoms with Crippen LogP contribution in [0.5, 0.6) is 6.01 Å². The second-order valence-electron chi connectivity index (χ2n) is 4.03. The van der Waals surface area contributed by atoms with E-state index in [9.17, 15) is 0 Å². The highest BCUT2D eigenvalue weighted by atomic mass is 35.5. The Balaban J connectivity index is 2.10. The Morgan fingerprint density at radius 1 is 1.25 bits per heavy atom. The molecular formula is C13H11ClN4O2. The van der Waals surface area contributed by atoms with Gasteiger partial charge in [-0.1, -0.05) is 11.6 Å². The molecule has 7 heteroatoms. The molecule has 0 saturated carbocycles. The number of halogens is 1. The van der Waals surface area contributed by atoms with Crippen molar-refractivity contribution >= 4 is 28.5 Å². The van der Waals surface area contributed by atoms with Gasteiger partial charge in [0.05, 0.1) is 6.61 Å². The van der Waals surface area contributed by atoms with Gasteiger partial charge in [0.2, 0.25) is 11.8 Å². The summed E-state index contributed by atoms with van der Waals surface area (Å²) in [6.07, 6.45) is 0. The first-order chi connectivity index (χ1) is 9.65. The van der Waals surface area contributed by atoms with Crippen molar-refractivity contribution in [3.63, 3.8) is 0 Å². The predicted octanol–water partition coefficient (Wildman–Crippen LogP) is 2.92. The van der Waals surface area contributed by atoms with Gasteiger partial charge in [-0.25, -0.2) is 0 Å². The normalized spacial score (nSPS) is 10.9. The molecule has 0 aliphatic heterocycles. The molecule has 2 N–H and O–H groups in total. The molecule has 0 fully saturated rings. The number of hydrogen-bond donors (Lipinski definition) is 1. The molecule has 0 radical (unpaired) electrons. The van der Waals surface area contributed by atoms with Crippen LogP contribution in [-0.4, -0.2) is 21.6 Å².